The number of pyridine rings is 1. The van der Waals surface area contributed by atoms with Gasteiger partial charge in [-0.1, -0.05) is 0 Å². The lowest BCUT2D eigenvalue weighted by Crippen LogP contribution is -2.00. The van der Waals surface area contributed by atoms with Gasteiger partial charge in [0.05, 0.1) is 0 Å². The first kappa shape index (κ1) is 9.47. The largest absolute Gasteiger partial charge is 0.478 e. The van der Waals surface area contributed by atoms with Crippen molar-refractivity contribution in [2.45, 2.75) is 0 Å². The molecule has 5 nitrogen and oxygen atoms in total. The van der Waals surface area contributed by atoms with Crippen LogP contribution in [-0.2, 0) is 0 Å². The molecule has 0 aliphatic carbocycles. The van der Waals surface area contributed by atoms with Crippen LogP contribution in [0, 0.1) is 0 Å². The van der Waals surface area contributed by atoms with Crippen molar-refractivity contribution in [2.24, 2.45) is 0 Å². The van der Waals surface area contributed by atoms with Gasteiger partial charge in [0.15, 0.2) is 5.65 Å². The van der Waals surface area contributed by atoms with Gasteiger partial charge in [-0.3, -0.25) is 0 Å². The highest BCUT2D eigenvalue weighted by molar-refractivity contribution is 5.94. The molecule has 0 aliphatic rings. The van der Waals surface area contributed by atoms with Gasteiger partial charge in [0.1, 0.15) is 11.9 Å². The molecule has 0 fully saturated rings. The number of aromatic nitrogens is 3. The fraction of sp³-hybridized carbons (Fsp3) is 0. The summed E-state index contributed by atoms with van der Waals surface area (Å²) in [5.41, 5.74) is 0.528. The van der Waals surface area contributed by atoms with E-state index in [9.17, 15) is 4.79 Å². The molecule has 0 radical (unpaired) electrons. The predicted molar refractivity (Wildman–Crippen MR) is 47.2 cm³/mol. The van der Waals surface area contributed by atoms with Crippen molar-refractivity contribution >= 4 is 24.0 Å². The van der Waals surface area contributed by atoms with E-state index in [1.54, 1.807) is 12.3 Å². The van der Waals surface area contributed by atoms with Gasteiger partial charge in [-0.25, -0.2) is 14.3 Å². The maximum Gasteiger partial charge on any atom is 0.339 e. The summed E-state index contributed by atoms with van der Waals surface area (Å²) in [5.74, 6) is -0.992. The molecule has 0 atom stereocenters. The highest BCUT2D eigenvalue weighted by Gasteiger charge is 2.08. The molecule has 0 bridgehead atoms. The zero-order valence-electron chi connectivity index (χ0n) is 6.41. The van der Waals surface area contributed by atoms with Crippen LogP contribution in [0.1, 0.15) is 10.4 Å². The Hall–Kier alpha value is -1.62. The number of aromatic carboxylic acids is 1. The second kappa shape index (κ2) is 3.40. The van der Waals surface area contributed by atoms with Gasteiger partial charge in [0.25, 0.3) is 0 Å². The number of nitrogens with zero attached hydrogens (tertiary/aromatic N) is 3. The zero-order chi connectivity index (χ0) is 8.55. The minimum Gasteiger partial charge on any atom is -0.478 e. The van der Waals surface area contributed by atoms with Gasteiger partial charge in [0, 0.05) is 6.20 Å². The third kappa shape index (κ3) is 1.46. The van der Waals surface area contributed by atoms with Crippen LogP contribution in [0.25, 0.3) is 5.65 Å². The molecule has 13 heavy (non-hydrogen) atoms. The summed E-state index contributed by atoms with van der Waals surface area (Å²) in [6.07, 6.45) is 2.97. The molecule has 0 saturated carbocycles. The van der Waals surface area contributed by atoms with Crippen LogP contribution in [0.5, 0.6) is 0 Å². The molecule has 2 rings (SSSR count). The van der Waals surface area contributed by atoms with Gasteiger partial charge < -0.3 is 5.11 Å². The smallest absolute Gasteiger partial charge is 0.339 e. The van der Waals surface area contributed by atoms with E-state index in [0.717, 1.165) is 0 Å². The monoisotopic (exact) mass is 199 g/mol. The lowest BCUT2D eigenvalue weighted by molar-refractivity contribution is 0.0698. The lowest BCUT2D eigenvalue weighted by Gasteiger charge is -1.94. The number of carbonyl (C=O) groups is 1. The maximum absolute atomic E-state index is 10.6. The third-order valence-corrected chi connectivity index (χ3v) is 1.53. The molecule has 0 amide bonds. The summed E-state index contributed by atoms with van der Waals surface area (Å²) in [5, 5.41) is 12.5. The van der Waals surface area contributed by atoms with E-state index in [0.29, 0.717) is 5.65 Å². The number of carboxylic acid groups (broad SMARTS) is 1. The van der Waals surface area contributed by atoms with Crippen LogP contribution in [0.2, 0.25) is 0 Å². The molecular formula is C7H6ClN3O2. The highest BCUT2D eigenvalue weighted by atomic mass is 35.5. The minimum atomic E-state index is -0.992. The molecule has 2 aromatic heterocycles. The van der Waals surface area contributed by atoms with Crippen molar-refractivity contribution in [1.82, 2.24) is 14.6 Å². The highest BCUT2D eigenvalue weighted by Crippen LogP contribution is 2.05. The van der Waals surface area contributed by atoms with E-state index in [2.05, 4.69) is 10.1 Å². The first-order chi connectivity index (χ1) is 5.79. The average molecular weight is 200 g/mol. The van der Waals surface area contributed by atoms with E-state index in [-0.39, 0.29) is 18.0 Å². The van der Waals surface area contributed by atoms with Crippen LogP contribution in [0.4, 0.5) is 0 Å². The van der Waals surface area contributed by atoms with E-state index >= 15 is 0 Å². The van der Waals surface area contributed by atoms with Crippen LogP contribution >= 0.6 is 12.4 Å². The van der Waals surface area contributed by atoms with Gasteiger partial charge in [-0.2, -0.15) is 5.10 Å². The molecule has 2 aromatic rings. The van der Waals surface area contributed by atoms with Crippen molar-refractivity contribution in [3.05, 3.63) is 30.2 Å². The fourth-order valence-corrected chi connectivity index (χ4v) is 1.01. The summed E-state index contributed by atoms with van der Waals surface area (Å²) in [7, 11) is 0. The van der Waals surface area contributed by atoms with Crippen molar-refractivity contribution in [2.75, 3.05) is 0 Å². The maximum atomic E-state index is 10.6. The predicted octanol–water partition coefficient (Wildman–Crippen LogP) is 0.849. The van der Waals surface area contributed by atoms with Gasteiger partial charge >= 0.3 is 5.97 Å². The quantitative estimate of drug-likeness (QED) is 0.740. The summed E-state index contributed by atoms with van der Waals surface area (Å²) in [6.45, 7) is 0. The first-order valence-electron chi connectivity index (χ1n) is 3.30. The van der Waals surface area contributed by atoms with Gasteiger partial charge in [-0.15, -0.1) is 12.4 Å². The van der Waals surface area contributed by atoms with Crippen LogP contribution in [0.3, 0.4) is 0 Å². The SMILES string of the molecule is Cl.O=C(O)c1cccn2ncnc12. The van der Waals surface area contributed by atoms with E-state index in [1.807, 2.05) is 0 Å². The normalized spacial score (nSPS) is 9.54. The molecule has 6 heteroatoms. The third-order valence-electron chi connectivity index (χ3n) is 1.53. The molecule has 0 unspecified atom stereocenters. The Morgan fingerprint density at radius 3 is 3.00 bits per heavy atom. The first-order valence-corrected chi connectivity index (χ1v) is 3.30. The van der Waals surface area contributed by atoms with Gasteiger partial charge in [0.2, 0.25) is 0 Å². The number of hydrogen-bond acceptors (Lipinski definition) is 3. The summed E-state index contributed by atoms with van der Waals surface area (Å²) >= 11 is 0. The standard InChI is InChI=1S/C7H5N3O2.ClH/c11-7(12)5-2-1-3-10-6(5)8-4-9-10;/h1-4H,(H,11,12);1H. The summed E-state index contributed by atoms with van der Waals surface area (Å²) < 4.78 is 1.42. The molecule has 0 spiro atoms. The molecule has 2 heterocycles. The molecule has 0 aromatic carbocycles. The van der Waals surface area contributed by atoms with Gasteiger partial charge in [-0.05, 0) is 12.1 Å². The second-order valence-corrected chi connectivity index (χ2v) is 2.26. The number of rotatable bonds is 1. The Labute approximate surface area is 79.4 Å². The number of fused-ring (bicyclic) bond motifs is 1. The van der Waals surface area contributed by atoms with Crippen molar-refractivity contribution in [3.63, 3.8) is 0 Å². The van der Waals surface area contributed by atoms with E-state index < -0.39 is 5.97 Å². The second-order valence-electron chi connectivity index (χ2n) is 2.26. The Morgan fingerprint density at radius 2 is 2.31 bits per heavy atom. The Kier molecular flexibility index (Phi) is 2.48. The molecule has 68 valence electrons. The average Bonchev–Trinajstić information content (AvgIpc) is 2.49. The molecule has 0 aliphatic heterocycles. The number of hydrogen-bond donors (Lipinski definition) is 1. The van der Waals surface area contributed by atoms with Crippen molar-refractivity contribution in [3.8, 4) is 0 Å². The molecule has 1 N–H and O–H groups in total. The van der Waals surface area contributed by atoms with E-state index in [4.69, 9.17) is 5.11 Å². The lowest BCUT2D eigenvalue weighted by atomic mass is 10.3. The van der Waals surface area contributed by atoms with Crippen LogP contribution in [-0.4, -0.2) is 25.7 Å². The number of carboxylic acids is 1. The minimum absolute atomic E-state index is 0. The summed E-state index contributed by atoms with van der Waals surface area (Å²) in [4.78, 5) is 14.4. The molecule has 0 saturated heterocycles. The topological polar surface area (TPSA) is 67.5 Å². The Morgan fingerprint density at radius 1 is 1.54 bits per heavy atom. The van der Waals surface area contributed by atoms with E-state index in [1.165, 1.54) is 16.9 Å². The number of halogens is 1. The Bertz CT molecular complexity index is 440. The van der Waals surface area contributed by atoms with Crippen LogP contribution < -0.4 is 0 Å². The Balaban J connectivity index is 0.000000845. The molecular weight excluding hydrogens is 194 g/mol. The van der Waals surface area contributed by atoms with Crippen molar-refractivity contribution in [1.29, 1.82) is 0 Å². The fourth-order valence-electron chi connectivity index (χ4n) is 1.01. The van der Waals surface area contributed by atoms with Crippen LogP contribution in [0.15, 0.2) is 24.7 Å². The summed E-state index contributed by atoms with van der Waals surface area (Å²) in [6, 6.07) is 3.11. The zero-order valence-corrected chi connectivity index (χ0v) is 7.23. The van der Waals surface area contributed by atoms with Crippen molar-refractivity contribution < 1.29 is 9.90 Å².